The predicted octanol–water partition coefficient (Wildman–Crippen LogP) is 1.57. The lowest BCUT2D eigenvalue weighted by Gasteiger charge is -2.22. The topological polar surface area (TPSA) is 145 Å². The number of carbonyl (C=O) groups excluding carboxylic acids is 2. The molecule has 31 heavy (non-hydrogen) atoms. The third-order valence-electron chi connectivity index (χ3n) is 3.70. The largest absolute Gasteiger partial charge is 0.391 e. The van der Waals surface area contributed by atoms with Crippen molar-refractivity contribution < 1.29 is 14.7 Å². The second kappa shape index (κ2) is 20.5. The fourth-order valence-electron chi connectivity index (χ4n) is 2.46. The molecule has 2 rings (SSSR count). The minimum Gasteiger partial charge on any atom is -0.391 e. The van der Waals surface area contributed by atoms with E-state index in [1.807, 2.05) is 38.1 Å². The van der Waals surface area contributed by atoms with Crippen molar-refractivity contribution in [3.63, 3.8) is 0 Å². The molecule has 1 heterocycles. The average Bonchev–Trinajstić information content (AvgIpc) is 3.18. The molecule has 1 fully saturated rings. The number of terminal acetylenes is 1. The Balaban J connectivity index is -0.000000396. The summed E-state index contributed by atoms with van der Waals surface area (Å²) in [4.78, 5) is 21.4. The van der Waals surface area contributed by atoms with Gasteiger partial charge < -0.3 is 20.1 Å². The van der Waals surface area contributed by atoms with Gasteiger partial charge in [-0.25, -0.2) is 0 Å². The van der Waals surface area contributed by atoms with Gasteiger partial charge in [0.2, 0.25) is 5.91 Å². The van der Waals surface area contributed by atoms with Crippen LogP contribution in [0, 0.1) is 29.1 Å². The van der Waals surface area contributed by atoms with Gasteiger partial charge in [-0.3, -0.25) is 16.5 Å². The van der Waals surface area contributed by atoms with Gasteiger partial charge in [-0.15, -0.1) is 6.42 Å². The van der Waals surface area contributed by atoms with Gasteiger partial charge in [0.25, 0.3) is 0 Å². The number of carbonyl (C=O) groups is 2. The van der Waals surface area contributed by atoms with Crippen LogP contribution in [0.4, 0.5) is 0 Å². The summed E-state index contributed by atoms with van der Waals surface area (Å²) in [7, 11) is 1.93. The summed E-state index contributed by atoms with van der Waals surface area (Å²) in [6.45, 7) is 11.7. The van der Waals surface area contributed by atoms with Crippen LogP contribution in [0.15, 0.2) is 24.3 Å². The molecule has 1 unspecified atom stereocenters. The number of hydrogen-bond donors (Lipinski definition) is 4. The smallest absolute Gasteiger partial charge is 0.223 e. The predicted molar refractivity (Wildman–Crippen MR) is 125 cm³/mol. The Labute approximate surface area is 187 Å². The lowest BCUT2D eigenvalue weighted by Crippen LogP contribution is -2.32. The first-order valence-corrected chi connectivity index (χ1v) is 9.75. The zero-order chi connectivity index (χ0) is 24.9. The van der Waals surface area contributed by atoms with E-state index >= 15 is 0 Å². The fourth-order valence-corrected chi connectivity index (χ4v) is 2.46. The summed E-state index contributed by atoms with van der Waals surface area (Å²) < 4.78 is 0. The number of amides is 1. The molecule has 1 aromatic carbocycles. The van der Waals surface area contributed by atoms with Crippen molar-refractivity contribution in [2.45, 2.75) is 53.2 Å². The molecule has 1 atom stereocenters. The van der Waals surface area contributed by atoms with E-state index in [0.717, 1.165) is 25.1 Å². The van der Waals surface area contributed by atoms with Crippen LogP contribution in [0.3, 0.4) is 0 Å². The maximum Gasteiger partial charge on any atom is 0.223 e. The second-order valence-electron chi connectivity index (χ2n) is 7.61. The molecule has 8 nitrogen and oxygen atoms in total. The maximum atomic E-state index is 11.6. The van der Waals surface area contributed by atoms with Crippen molar-refractivity contribution in [3.05, 3.63) is 35.4 Å². The first-order valence-electron chi connectivity index (χ1n) is 9.75. The number of hydrogen-bond acceptors (Lipinski definition) is 7. The highest BCUT2D eigenvalue weighted by atomic mass is 16.3. The normalized spacial score (nSPS) is 13.7. The zero-order valence-electron chi connectivity index (χ0n) is 19.5. The van der Waals surface area contributed by atoms with Crippen LogP contribution in [0.1, 0.15) is 51.7 Å². The number of nitrogens with zero attached hydrogens (tertiary/aromatic N) is 2. The summed E-state index contributed by atoms with van der Waals surface area (Å²) in [6, 6.07) is 9.72. The molecule has 0 radical (unpaired) electrons. The van der Waals surface area contributed by atoms with Gasteiger partial charge >= 0.3 is 0 Å². The van der Waals surface area contributed by atoms with E-state index in [1.165, 1.54) is 12.5 Å². The van der Waals surface area contributed by atoms with Crippen molar-refractivity contribution in [3.8, 4) is 18.4 Å². The summed E-state index contributed by atoms with van der Waals surface area (Å²) in [5, 5.41) is 19.6. The van der Waals surface area contributed by atoms with Crippen LogP contribution in [-0.4, -0.2) is 48.9 Å². The third-order valence-corrected chi connectivity index (χ3v) is 3.70. The van der Waals surface area contributed by atoms with Gasteiger partial charge in [-0.1, -0.05) is 38.8 Å². The molecule has 8 heteroatoms. The molecule has 1 aromatic rings. The molecular formula is C23H39N5O3. The van der Waals surface area contributed by atoms with E-state index in [9.17, 15) is 9.90 Å². The number of nitrogens with one attached hydrogen (secondary N) is 1. The first-order chi connectivity index (χ1) is 14.7. The van der Waals surface area contributed by atoms with E-state index in [4.69, 9.17) is 16.5 Å². The Kier molecular flexibility index (Phi) is 21.8. The van der Waals surface area contributed by atoms with Gasteiger partial charge in [0, 0.05) is 38.5 Å². The van der Waals surface area contributed by atoms with Crippen molar-refractivity contribution in [2.75, 3.05) is 20.1 Å². The number of likely N-dealkylation sites (tertiary alicyclic amines) is 1. The highest BCUT2D eigenvalue weighted by Crippen LogP contribution is 2.21. The summed E-state index contributed by atoms with van der Waals surface area (Å²) >= 11 is 0. The van der Waals surface area contributed by atoms with Crippen molar-refractivity contribution in [2.24, 2.45) is 17.1 Å². The van der Waals surface area contributed by atoms with Gasteiger partial charge in [-0.05, 0) is 36.6 Å². The number of β-amino-alcohol motifs (C(OH)–C–C–N with tert-alkyl or cyclic N) is 1. The Morgan fingerprint density at radius 1 is 1.32 bits per heavy atom. The minimum atomic E-state index is -0.302. The van der Waals surface area contributed by atoms with E-state index in [1.54, 1.807) is 11.0 Å². The van der Waals surface area contributed by atoms with Crippen LogP contribution < -0.4 is 17.0 Å². The number of nitrogens with two attached hydrogens (primary N) is 2. The standard InChI is InChI=1S/C10H19NO2.C10H11N.C2H3N.CH2O.H4N2/c1-10(2,3)6-9(13)11-5-4-8(12)7-11;1-3-9-4-6-10(7-5-9)8-11-2;1-2-3;2*1-2/h8,12H,4-7H2,1-3H3;1,4-7,11H,8H2,2H3;1H3;1H2;1-2H2. The van der Waals surface area contributed by atoms with Crippen molar-refractivity contribution in [1.29, 1.82) is 5.26 Å². The molecule has 0 saturated carbocycles. The molecule has 174 valence electrons. The number of hydrazine groups is 1. The summed E-state index contributed by atoms with van der Waals surface area (Å²) in [5.41, 5.74) is 2.24. The van der Waals surface area contributed by atoms with Crippen molar-refractivity contribution in [1.82, 2.24) is 10.2 Å². The van der Waals surface area contributed by atoms with Crippen LogP contribution in [0.2, 0.25) is 0 Å². The third kappa shape index (κ3) is 19.0. The number of nitriles is 1. The van der Waals surface area contributed by atoms with Crippen LogP contribution in [-0.2, 0) is 16.1 Å². The SMILES string of the molecule is C#Cc1ccc(CNC)cc1.C=O.CC#N.CC(C)(C)CC(=O)N1CCC(O)C1.NN. The van der Waals surface area contributed by atoms with Crippen molar-refractivity contribution >= 4 is 12.7 Å². The molecule has 6 N–H and O–H groups in total. The second-order valence-corrected chi connectivity index (χ2v) is 7.61. The average molecular weight is 434 g/mol. The number of benzene rings is 1. The molecule has 0 aliphatic carbocycles. The Hall–Kier alpha value is -2.75. The molecule has 1 saturated heterocycles. The molecule has 1 aliphatic rings. The van der Waals surface area contributed by atoms with Crippen LogP contribution in [0.25, 0.3) is 0 Å². The molecule has 1 aliphatic heterocycles. The maximum absolute atomic E-state index is 11.6. The van der Waals surface area contributed by atoms with Crippen LogP contribution in [0.5, 0.6) is 0 Å². The Morgan fingerprint density at radius 3 is 2.13 bits per heavy atom. The lowest BCUT2D eigenvalue weighted by atomic mass is 9.92. The summed E-state index contributed by atoms with van der Waals surface area (Å²) in [6.07, 6.45) is 6.21. The van der Waals surface area contributed by atoms with Gasteiger partial charge in [-0.2, -0.15) is 5.26 Å². The zero-order valence-corrected chi connectivity index (χ0v) is 19.5. The molecular weight excluding hydrogens is 394 g/mol. The number of rotatable bonds is 3. The molecule has 0 bridgehead atoms. The Bertz CT molecular complexity index is 658. The van der Waals surface area contributed by atoms with Gasteiger partial charge in [0.15, 0.2) is 0 Å². The van der Waals surface area contributed by atoms with Gasteiger partial charge in [0.05, 0.1) is 12.2 Å². The number of aliphatic hydroxyl groups excluding tert-OH is 1. The molecule has 0 aromatic heterocycles. The molecule has 0 spiro atoms. The first kappa shape index (κ1) is 32.9. The highest BCUT2D eigenvalue weighted by molar-refractivity contribution is 5.77. The number of aliphatic hydroxyl groups is 1. The monoisotopic (exact) mass is 433 g/mol. The quantitative estimate of drug-likeness (QED) is 0.321. The van der Waals surface area contributed by atoms with E-state index in [-0.39, 0.29) is 17.4 Å². The van der Waals surface area contributed by atoms with E-state index < -0.39 is 0 Å². The highest BCUT2D eigenvalue weighted by Gasteiger charge is 2.27. The van der Waals surface area contributed by atoms with Crippen LogP contribution >= 0.6 is 0 Å². The Morgan fingerprint density at radius 2 is 1.81 bits per heavy atom. The fraction of sp³-hybridized carbons (Fsp3) is 0.522. The molecule has 1 amide bonds. The van der Waals surface area contributed by atoms with Gasteiger partial charge in [0.1, 0.15) is 6.79 Å². The summed E-state index contributed by atoms with van der Waals surface area (Å²) in [5.74, 6) is 10.7. The minimum absolute atomic E-state index is 0.0463. The lowest BCUT2D eigenvalue weighted by molar-refractivity contribution is -0.132. The van der Waals surface area contributed by atoms with E-state index in [0.29, 0.717) is 13.0 Å². The van der Waals surface area contributed by atoms with E-state index in [2.05, 4.69) is 43.7 Å².